The van der Waals surface area contributed by atoms with Gasteiger partial charge < -0.3 is 15.4 Å². The molecule has 0 fully saturated rings. The molecule has 38 heavy (non-hydrogen) atoms. The van der Waals surface area contributed by atoms with Gasteiger partial charge in [-0.2, -0.15) is 0 Å². The fraction of sp³-hybridized carbons (Fsp3) is 0.207. The molecule has 3 N–H and O–H groups in total. The lowest BCUT2D eigenvalue weighted by atomic mass is 10.2. The molecule has 0 aliphatic carbocycles. The van der Waals surface area contributed by atoms with Crippen LogP contribution < -0.4 is 20.8 Å². The van der Waals surface area contributed by atoms with Crippen LogP contribution in [0.4, 0.5) is 11.4 Å². The van der Waals surface area contributed by atoms with E-state index in [1.807, 2.05) is 25.1 Å². The van der Waals surface area contributed by atoms with Gasteiger partial charge in [-0.25, -0.2) is 4.68 Å². The lowest BCUT2D eigenvalue weighted by Gasteiger charge is -2.13. The zero-order valence-corrected chi connectivity index (χ0v) is 22.0. The summed E-state index contributed by atoms with van der Waals surface area (Å²) >= 11 is 6.14. The average Bonchev–Trinajstić information content (AvgIpc) is 3.24. The normalized spacial score (nSPS) is 10.7. The Morgan fingerprint density at radius 1 is 0.868 bits per heavy atom. The molecule has 0 radical (unpaired) electrons. The van der Waals surface area contributed by atoms with Crippen molar-refractivity contribution in [2.75, 3.05) is 22.7 Å². The summed E-state index contributed by atoms with van der Waals surface area (Å²) < 4.78 is 6.96. The monoisotopic (exact) mass is 532 g/mol. The van der Waals surface area contributed by atoms with Crippen molar-refractivity contribution in [2.24, 2.45) is 0 Å². The van der Waals surface area contributed by atoms with E-state index in [9.17, 15) is 14.4 Å². The molecule has 0 spiro atoms. The first-order chi connectivity index (χ1) is 18.3. The first kappa shape index (κ1) is 26.8. The molecule has 8 nitrogen and oxygen atoms in total. The molecule has 1 aromatic heterocycles. The second-order valence-corrected chi connectivity index (χ2v) is 9.30. The van der Waals surface area contributed by atoms with Crippen molar-refractivity contribution in [1.82, 2.24) is 4.68 Å². The minimum Gasteiger partial charge on any atom is -0.494 e. The number of nitrogens with one attached hydrogen (secondary N) is 3. The van der Waals surface area contributed by atoms with Gasteiger partial charge in [0, 0.05) is 21.8 Å². The molecule has 196 valence electrons. The number of nitrogens with zero attached hydrogens (tertiary/aromatic N) is 1. The highest BCUT2D eigenvalue weighted by Crippen LogP contribution is 2.24. The molecule has 0 atom stereocenters. The first-order valence-corrected chi connectivity index (χ1v) is 12.8. The van der Waals surface area contributed by atoms with E-state index < -0.39 is 17.7 Å². The van der Waals surface area contributed by atoms with Gasteiger partial charge in [-0.15, -0.1) is 0 Å². The molecule has 1 heterocycles. The van der Waals surface area contributed by atoms with Crippen molar-refractivity contribution in [1.29, 1.82) is 0 Å². The number of benzene rings is 3. The summed E-state index contributed by atoms with van der Waals surface area (Å²) in [6.07, 6.45) is 3.19. The molecule has 3 amide bonds. The van der Waals surface area contributed by atoms with Gasteiger partial charge in [0.15, 0.2) is 0 Å². The van der Waals surface area contributed by atoms with Crippen LogP contribution in [-0.2, 0) is 9.59 Å². The summed E-state index contributed by atoms with van der Waals surface area (Å²) in [4.78, 5) is 38.7. The Morgan fingerprint density at radius 3 is 2.39 bits per heavy atom. The second-order valence-electron chi connectivity index (χ2n) is 8.87. The van der Waals surface area contributed by atoms with Gasteiger partial charge in [-0.05, 0) is 79.6 Å². The summed E-state index contributed by atoms with van der Waals surface area (Å²) in [6, 6.07) is 20.7. The van der Waals surface area contributed by atoms with Gasteiger partial charge in [0.25, 0.3) is 5.91 Å². The minimum absolute atomic E-state index is 0.134. The molecule has 0 saturated heterocycles. The first-order valence-electron chi connectivity index (χ1n) is 12.4. The Bertz CT molecular complexity index is 1460. The molecule has 9 heteroatoms. The van der Waals surface area contributed by atoms with E-state index in [2.05, 4.69) is 23.0 Å². The van der Waals surface area contributed by atoms with E-state index in [1.165, 1.54) is 4.68 Å². The average molecular weight is 533 g/mol. The Kier molecular flexibility index (Phi) is 8.66. The number of halogens is 1. The number of ether oxygens (including phenoxy) is 1. The molecular formula is C29H29ClN4O4. The maximum atomic E-state index is 13.2. The summed E-state index contributed by atoms with van der Waals surface area (Å²) in [6.45, 7) is 4.67. The van der Waals surface area contributed by atoms with Gasteiger partial charge in [0.1, 0.15) is 11.4 Å². The highest BCUT2D eigenvalue weighted by Gasteiger charge is 2.21. The predicted molar refractivity (Wildman–Crippen MR) is 151 cm³/mol. The van der Waals surface area contributed by atoms with E-state index >= 15 is 0 Å². The van der Waals surface area contributed by atoms with Gasteiger partial charge in [0.2, 0.25) is 0 Å². The van der Waals surface area contributed by atoms with Crippen LogP contribution in [0.15, 0.2) is 72.8 Å². The lowest BCUT2D eigenvalue weighted by Crippen LogP contribution is -2.36. The van der Waals surface area contributed by atoms with Crippen LogP contribution >= 0.6 is 11.6 Å². The number of rotatable bonds is 9. The van der Waals surface area contributed by atoms with Crippen LogP contribution in [0.5, 0.6) is 5.75 Å². The highest BCUT2D eigenvalue weighted by atomic mass is 35.5. The van der Waals surface area contributed by atoms with E-state index in [1.54, 1.807) is 54.6 Å². The standard InChI is InChI=1S/C29H29ClN4O4/c1-3-4-5-15-38-24-12-10-22(11-13-24)31-28(36)29(37)33-34-25-14-9-21(30)17-20(25)18-26(34)27(35)32-23-8-6-7-19(2)16-23/h6-14,16-18H,3-5,15H2,1-2H3,(H,31,36)(H,32,35)(H,33,37). The van der Waals surface area contributed by atoms with Crippen molar-refractivity contribution in [3.8, 4) is 5.75 Å². The zero-order valence-electron chi connectivity index (χ0n) is 21.2. The lowest BCUT2D eigenvalue weighted by molar-refractivity contribution is -0.133. The fourth-order valence-corrected chi connectivity index (χ4v) is 4.09. The van der Waals surface area contributed by atoms with Crippen molar-refractivity contribution >= 4 is 51.6 Å². The third kappa shape index (κ3) is 6.72. The van der Waals surface area contributed by atoms with E-state index in [4.69, 9.17) is 16.3 Å². The van der Waals surface area contributed by atoms with Crippen LogP contribution in [0.2, 0.25) is 5.02 Å². The number of carbonyl (C=O) groups excluding carboxylic acids is 3. The summed E-state index contributed by atoms with van der Waals surface area (Å²) in [5.74, 6) is -1.60. The largest absolute Gasteiger partial charge is 0.494 e. The van der Waals surface area contributed by atoms with E-state index in [0.717, 1.165) is 24.8 Å². The number of unbranched alkanes of at least 4 members (excludes halogenated alkanes) is 2. The van der Waals surface area contributed by atoms with Crippen LogP contribution in [0.1, 0.15) is 42.2 Å². The van der Waals surface area contributed by atoms with Crippen molar-refractivity contribution in [2.45, 2.75) is 33.1 Å². The number of fused-ring (bicyclic) bond motifs is 1. The molecule has 3 aromatic carbocycles. The maximum absolute atomic E-state index is 13.2. The second kappa shape index (κ2) is 12.3. The van der Waals surface area contributed by atoms with Gasteiger partial charge >= 0.3 is 11.8 Å². The van der Waals surface area contributed by atoms with Gasteiger partial charge in [0.05, 0.1) is 12.1 Å². The Balaban J connectivity index is 1.48. The third-order valence-electron chi connectivity index (χ3n) is 5.82. The van der Waals surface area contributed by atoms with Crippen molar-refractivity contribution < 1.29 is 19.1 Å². The molecular weight excluding hydrogens is 504 g/mol. The number of aryl methyl sites for hydroxylation is 1. The third-order valence-corrected chi connectivity index (χ3v) is 6.06. The van der Waals surface area contributed by atoms with E-state index in [0.29, 0.717) is 39.7 Å². The molecule has 4 rings (SSSR count). The predicted octanol–water partition coefficient (Wildman–Crippen LogP) is 6.13. The Hall–Kier alpha value is -4.30. The summed E-state index contributed by atoms with van der Waals surface area (Å²) in [7, 11) is 0. The topological polar surface area (TPSA) is 101 Å². The van der Waals surface area contributed by atoms with Gasteiger partial charge in [-0.1, -0.05) is 43.5 Å². The number of aromatic nitrogens is 1. The molecule has 0 bridgehead atoms. The smallest absolute Gasteiger partial charge is 0.328 e. The number of amides is 3. The summed E-state index contributed by atoms with van der Waals surface area (Å²) in [5, 5.41) is 6.50. The minimum atomic E-state index is -0.943. The quantitative estimate of drug-likeness (QED) is 0.178. The van der Waals surface area contributed by atoms with Crippen LogP contribution in [0.3, 0.4) is 0 Å². The van der Waals surface area contributed by atoms with Crippen molar-refractivity contribution in [3.05, 3.63) is 89.1 Å². The number of hydrogen-bond acceptors (Lipinski definition) is 4. The molecule has 0 aliphatic rings. The number of carbonyl (C=O) groups is 3. The molecule has 0 saturated carbocycles. The summed E-state index contributed by atoms with van der Waals surface area (Å²) in [5.41, 5.74) is 5.21. The Morgan fingerprint density at radius 2 is 1.66 bits per heavy atom. The SMILES string of the molecule is CCCCCOc1ccc(NC(=O)C(=O)Nn2c(C(=O)Nc3cccc(C)c3)cc3cc(Cl)ccc32)cc1. The highest BCUT2D eigenvalue weighted by molar-refractivity contribution is 6.42. The maximum Gasteiger partial charge on any atom is 0.328 e. The van der Waals surface area contributed by atoms with Crippen LogP contribution in [0.25, 0.3) is 10.9 Å². The molecule has 0 unspecified atom stereocenters. The van der Waals surface area contributed by atoms with E-state index in [-0.39, 0.29) is 5.69 Å². The number of anilines is 2. The molecule has 0 aliphatic heterocycles. The fourth-order valence-electron chi connectivity index (χ4n) is 3.91. The van der Waals surface area contributed by atoms with Crippen LogP contribution in [-0.4, -0.2) is 29.0 Å². The Labute approximate surface area is 225 Å². The van der Waals surface area contributed by atoms with Crippen LogP contribution in [0, 0.1) is 6.92 Å². The van der Waals surface area contributed by atoms with Gasteiger partial charge in [-0.3, -0.25) is 19.8 Å². The van der Waals surface area contributed by atoms with Crippen molar-refractivity contribution in [3.63, 3.8) is 0 Å². The molecule has 4 aromatic rings. The zero-order chi connectivity index (χ0) is 27.1. The number of hydrogen-bond donors (Lipinski definition) is 3.